The largest absolute Gasteiger partial charge is 0.397 e. The van der Waals surface area contributed by atoms with Crippen LogP contribution in [0.5, 0.6) is 0 Å². The minimum absolute atomic E-state index is 0.0340. The molecule has 6 heteroatoms. The first kappa shape index (κ1) is 15.5. The van der Waals surface area contributed by atoms with Crippen molar-refractivity contribution in [3.05, 3.63) is 0 Å². The van der Waals surface area contributed by atoms with E-state index in [1.807, 2.05) is 0 Å². The van der Waals surface area contributed by atoms with E-state index in [1.54, 1.807) is 6.92 Å². The predicted octanol–water partition coefficient (Wildman–Crippen LogP) is 2.13. The molecule has 0 aromatic heterocycles. The highest BCUT2D eigenvalue weighted by Gasteiger charge is 2.02. The van der Waals surface area contributed by atoms with E-state index in [1.165, 1.54) is 0 Å². The van der Waals surface area contributed by atoms with Crippen LogP contribution < -0.4 is 0 Å². The summed E-state index contributed by atoms with van der Waals surface area (Å²) in [6, 6.07) is 0. The number of hydrogen-bond acceptors (Lipinski definition) is 4. The highest BCUT2D eigenvalue weighted by Crippen LogP contribution is 2.07. The molecule has 0 radical (unpaired) electrons. The normalized spacial score (nSPS) is 11.6. The Morgan fingerprint density at radius 3 is 2.06 bits per heavy atom. The monoisotopic (exact) mass is 252 g/mol. The average molecular weight is 252 g/mol. The maximum absolute atomic E-state index is 10.6. The van der Waals surface area contributed by atoms with Crippen molar-refractivity contribution in [3.8, 4) is 0 Å². The molecule has 1 N–H and O–H groups in total. The lowest BCUT2D eigenvalue weighted by atomic mass is 10.1. The lowest BCUT2D eigenvalue weighted by Crippen LogP contribution is -2.04. The molecule has 0 heterocycles. The van der Waals surface area contributed by atoms with Gasteiger partial charge in [0.05, 0.1) is 6.61 Å². The number of carbonyl (C=O) groups is 1. The lowest BCUT2D eigenvalue weighted by Gasteiger charge is -2.01. The highest BCUT2D eigenvalue weighted by molar-refractivity contribution is 7.80. The highest BCUT2D eigenvalue weighted by atomic mass is 32.3. The fourth-order valence-corrected chi connectivity index (χ4v) is 1.68. The zero-order valence-corrected chi connectivity index (χ0v) is 10.5. The van der Waals surface area contributed by atoms with E-state index in [0.717, 1.165) is 32.1 Å². The van der Waals surface area contributed by atoms with Crippen molar-refractivity contribution < 1.29 is 21.9 Å². The van der Waals surface area contributed by atoms with Crippen LogP contribution in [0.15, 0.2) is 0 Å². The van der Waals surface area contributed by atoms with Crippen molar-refractivity contribution in [1.29, 1.82) is 0 Å². The molecular formula is C10H20O5S. The third kappa shape index (κ3) is 13.5. The molecular weight excluding hydrogens is 232 g/mol. The molecule has 0 fully saturated rings. The quantitative estimate of drug-likeness (QED) is 0.476. The number of rotatable bonds is 10. The molecule has 0 atom stereocenters. The maximum atomic E-state index is 10.6. The Bertz CT molecular complexity index is 284. The van der Waals surface area contributed by atoms with E-state index in [0.29, 0.717) is 12.8 Å². The van der Waals surface area contributed by atoms with Crippen molar-refractivity contribution in [2.24, 2.45) is 0 Å². The van der Waals surface area contributed by atoms with Gasteiger partial charge in [-0.25, -0.2) is 4.18 Å². The van der Waals surface area contributed by atoms with Crippen LogP contribution in [0.1, 0.15) is 51.9 Å². The predicted molar refractivity (Wildman–Crippen MR) is 60.5 cm³/mol. The lowest BCUT2D eigenvalue weighted by molar-refractivity contribution is -0.117. The van der Waals surface area contributed by atoms with E-state index in [9.17, 15) is 13.2 Å². The van der Waals surface area contributed by atoms with Gasteiger partial charge in [0, 0.05) is 6.42 Å². The standard InChI is InChI=1S/C10H20O5S/c1-10(11)8-6-4-2-3-5-7-9-15-16(12,13)14/h2-9H2,1H3,(H,12,13,14). The van der Waals surface area contributed by atoms with Crippen LogP contribution in [0.3, 0.4) is 0 Å². The summed E-state index contributed by atoms with van der Waals surface area (Å²) in [6.07, 6.45) is 6.12. The molecule has 0 aliphatic carbocycles. The Balaban J connectivity index is 3.13. The van der Waals surface area contributed by atoms with Crippen molar-refractivity contribution in [2.45, 2.75) is 51.9 Å². The topological polar surface area (TPSA) is 80.7 Å². The fraction of sp³-hybridized carbons (Fsp3) is 0.900. The van der Waals surface area contributed by atoms with E-state index >= 15 is 0 Å². The number of hydrogen-bond donors (Lipinski definition) is 1. The second-order valence-corrected chi connectivity index (χ2v) is 4.91. The van der Waals surface area contributed by atoms with Crippen LogP contribution in [0.4, 0.5) is 0 Å². The van der Waals surface area contributed by atoms with Gasteiger partial charge in [-0.15, -0.1) is 0 Å². The van der Waals surface area contributed by atoms with Gasteiger partial charge in [-0.05, 0) is 19.8 Å². The molecule has 0 aromatic carbocycles. The number of Topliss-reactive ketones (excluding diaryl/α,β-unsaturated/α-hetero) is 1. The smallest absolute Gasteiger partial charge is 0.300 e. The second kappa shape index (κ2) is 8.66. The van der Waals surface area contributed by atoms with Gasteiger partial charge in [-0.1, -0.05) is 25.7 Å². The van der Waals surface area contributed by atoms with Gasteiger partial charge in [-0.3, -0.25) is 4.55 Å². The van der Waals surface area contributed by atoms with Crippen LogP contribution in [0.2, 0.25) is 0 Å². The zero-order chi connectivity index (χ0) is 12.4. The van der Waals surface area contributed by atoms with E-state index < -0.39 is 10.4 Å². The van der Waals surface area contributed by atoms with Crippen LogP contribution >= 0.6 is 0 Å². The molecule has 16 heavy (non-hydrogen) atoms. The van der Waals surface area contributed by atoms with E-state index in [2.05, 4.69) is 4.18 Å². The summed E-state index contributed by atoms with van der Waals surface area (Å²) in [7, 11) is -4.27. The third-order valence-corrected chi connectivity index (χ3v) is 2.62. The van der Waals surface area contributed by atoms with Crippen LogP contribution in [-0.4, -0.2) is 25.4 Å². The average Bonchev–Trinajstić information content (AvgIpc) is 2.13. The number of ketones is 1. The maximum Gasteiger partial charge on any atom is 0.397 e. The molecule has 0 saturated heterocycles. The molecule has 0 aromatic rings. The van der Waals surface area contributed by atoms with Crippen LogP contribution in [-0.2, 0) is 19.4 Å². The van der Waals surface area contributed by atoms with Crippen molar-refractivity contribution in [2.75, 3.05) is 6.61 Å². The molecule has 96 valence electrons. The SMILES string of the molecule is CC(=O)CCCCCCCCOS(=O)(=O)O. The summed E-state index contributed by atoms with van der Waals surface area (Å²) in [4.78, 5) is 10.6. The van der Waals surface area contributed by atoms with Gasteiger partial charge in [0.15, 0.2) is 0 Å². The molecule has 0 aliphatic heterocycles. The number of unbranched alkanes of at least 4 members (excludes halogenated alkanes) is 5. The molecule has 0 spiro atoms. The minimum Gasteiger partial charge on any atom is -0.300 e. The van der Waals surface area contributed by atoms with Gasteiger partial charge < -0.3 is 4.79 Å². The van der Waals surface area contributed by atoms with Crippen molar-refractivity contribution in [3.63, 3.8) is 0 Å². The van der Waals surface area contributed by atoms with Gasteiger partial charge >= 0.3 is 10.4 Å². The summed E-state index contributed by atoms with van der Waals surface area (Å²) >= 11 is 0. The zero-order valence-electron chi connectivity index (χ0n) is 9.65. The van der Waals surface area contributed by atoms with Gasteiger partial charge in [0.2, 0.25) is 0 Å². The summed E-state index contributed by atoms with van der Waals surface area (Å²) in [5.74, 6) is 0.224. The van der Waals surface area contributed by atoms with Crippen LogP contribution in [0.25, 0.3) is 0 Å². The Kier molecular flexibility index (Phi) is 8.42. The minimum atomic E-state index is -4.27. The molecule has 0 saturated carbocycles. The van der Waals surface area contributed by atoms with E-state index in [4.69, 9.17) is 4.55 Å². The van der Waals surface area contributed by atoms with Crippen LogP contribution in [0, 0.1) is 0 Å². The molecule has 0 bridgehead atoms. The first-order valence-corrected chi connectivity index (χ1v) is 6.89. The fourth-order valence-electron chi connectivity index (χ4n) is 1.35. The Morgan fingerprint density at radius 2 is 1.56 bits per heavy atom. The first-order valence-electron chi connectivity index (χ1n) is 5.53. The molecule has 5 nitrogen and oxygen atoms in total. The number of carbonyl (C=O) groups excluding carboxylic acids is 1. The summed E-state index contributed by atoms with van der Waals surface area (Å²) in [6.45, 7) is 1.62. The third-order valence-electron chi connectivity index (χ3n) is 2.16. The molecule has 0 aliphatic rings. The molecule has 0 rings (SSSR count). The van der Waals surface area contributed by atoms with Gasteiger partial charge in [0.1, 0.15) is 5.78 Å². The first-order chi connectivity index (χ1) is 7.42. The molecule has 0 unspecified atom stereocenters. The van der Waals surface area contributed by atoms with E-state index in [-0.39, 0.29) is 12.4 Å². The van der Waals surface area contributed by atoms with Gasteiger partial charge in [-0.2, -0.15) is 8.42 Å². The Morgan fingerprint density at radius 1 is 1.06 bits per heavy atom. The second-order valence-electron chi connectivity index (χ2n) is 3.82. The Labute approximate surface area is 97.1 Å². The summed E-state index contributed by atoms with van der Waals surface area (Å²) < 4.78 is 32.8. The van der Waals surface area contributed by atoms with Crippen molar-refractivity contribution >= 4 is 16.2 Å². The Hall–Kier alpha value is -0.460. The van der Waals surface area contributed by atoms with Gasteiger partial charge in [0.25, 0.3) is 0 Å². The van der Waals surface area contributed by atoms with Crippen molar-refractivity contribution in [1.82, 2.24) is 0 Å². The summed E-state index contributed by atoms with van der Waals surface area (Å²) in [5, 5.41) is 0. The molecule has 0 amide bonds. The summed E-state index contributed by atoms with van der Waals surface area (Å²) in [5.41, 5.74) is 0.